The predicted molar refractivity (Wildman–Crippen MR) is 96.4 cm³/mol. The Morgan fingerprint density at radius 2 is 1.86 bits per heavy atom. The Bertz CT molecular complexity index is 643. The van der Waals surface area contributed by atoms with Crippen LogP contribution in [0.3, 0.4) is 0 Å². The van der Waals surface area contributed by atoms with Crippen molar-refractivity contribution in [3.63, 3.8) is 0 Å². The van der Waals surface area contributed by atoms with Crippen molar-refractivity contribution in [3.05, 3.63) is 36.6 Å². The summed E-state index contributed by atoms with van der Waals surface area (Å²) in [5, 5.41) is 14.4. The van der Waals surface area contributed by atoms with Crippen LogP contribution in [0.1, 0.15) is 12.1 Å². The van der Waals surface area contributed by atoms with Gasteiger partial charge in [-0.1, -0.05) is 52.3 Å². The van der Waals surface area contributed by atoms with E-state index < -0.39 is 8.80 Å². The van der Waals surface area contributed by atoms with E-state index in [1.165, 1.54) is 8.47 Å². The van der Waals surface area contributed by atoms with Crippen LogP contribution in [0, 0.1) is 0 Å². The maximum atomic E-state index is 8.98. The van der Waals surface area contributed by atoms with Crippen molar-refractivity contribution < 1.29 is 14.4 Å². The van der Waals surface area contributed by atoms with E-state index in [1.54, 1.807) is 51.7 Å². The van der Waals surface area contributed by atoms with Crippen LogP contribution in [0.2, 0.25) is 6.04 Å². The minimum absolute atomic E-state index is 0.00713. The molecule has 0 amide bonds. The summed E-state index contributed by atoms with van der Waals surface area (Å²) < 4.78 is 4.22. The molecule has 0 spiro atoms. The van der Waals surface area contributed by atoms with Crippen molar-refractivity contribution in [1.82, 2.24) is 15.0 Å². The van der Waals surface area contributed by atoms with Crippen LogP contribution >= 0.6 is 47.0 Å². The van der Waals surface area contributed by atoms with Crippen LogP contribution < -0.4 is 0 Å². The maximum absolute atomic E-state index is 8.98. The zero-order valence-corrected chi connectivity index (χ0v) is 15.5. The van der Waals surface area contributed by atoms with Gasteiger partial charge < -0.3 is 14.4 Å². The third-order valence-electron chi connectivity index (χ3n) is 2.74. The Labute approximate surface area is 145 Å². The molecule has 0 aromatic carbocycles. The average Bonchev–Trinajstić information content (AvgIpc) is 3.18. The van der Waals surface area contributed by atoms with Gasteiger partial charge in [0.05, 0.1) is 14.7 Å². The Balaban J connectivity index is 1.57. The Morgan fingerprint density at radius 1 is 1.09 bits per heavy atom. The molecule has 6 nitrogen and oxygen atoms in total. The quantitative estimate of drug-likeness (QED) is 0.655. The third kappa shape index (κ3) is 4.44. The van der Waals surface area contributed by atoms with E-state index in [4.69, 9.17) is 14.4 Å². The summed E-state index contributed by atoms with van der Waals surface area (Å²) in [6.45, 7) is 0.498. The molecule has 22 heavy (non-hydrogen) atoms. The lowest BCUT2D eigenvalue weighted by atomic mass is 10.4. The number of hydrogen-bond donors (Lipinski definition) is 3. The first-order valence-electron chi connectivity index (χ1n) is 6.36. The molecule has 2 aliphatic heterocycles. The molecule has 0 radical (unpaired) electrons. The fraction of sp³-hybridized carbons (Fsp3) is 0.273. The first kappa shape index (κ1) is 16.7. The van der Waals surface area contributed by atoms with Gasteiger partial charge in [-0.2, -0.15) is 0 Å². The molecule has 3 N–H and O–H groups in total. The Hall–Kier alpha value is -0.143. The second-order valence-electron chi connectivity index (χ2n) is 4.53. The molecule has 0 atom stereocenters. The van der Waals surface area contributed by atoms with Crippen molar-refractivity contribution in [3.8, 4) is 0 Å². The first-order chi connectivity index (χ1) is 10.5. The lowest BCUT2D eigenvalue weighted by molar-refractivity contribution is 0.225. The molecule has 0 unspecified atom stereocenters. The van der Waals surface area contributed by atoms with Crippen molar-refractivity contribution in [2.45, 2.75) is 19.0 Å². The van der Waals surface area contributed by atoms with Gasteiger partial charge in [0.1, 0.15) is 5.69 Å². The molecule has 118 valence electrons. The van der Waals surface area contributed by atoms with Crippen LogP contribution in [0.5, 0.6) is 0 Å². The summed E-state index contributed by atoms with van der Waals surface area (Å²) in [7, 11) is -3.95. The molecular formula is C11H13N3O3S4Si. The minimum Gasteiger partial charge on any atom is -0.390 e. The number of rotatable bonds is 5. The van der Waals surface area contributed by atoms with Crippen LogP contribution in [0.4, 0.5) is 0 Å². The van der Waals surface area contributed by atoms with E-state index in [-0.39, 0.29) is 6.04 Å². The van der Waals surface area contributed by atoms with E-state index in [2.05, 4.69) is 26.5 Å². The van der Waals surface area contributed by atoms with Gasteiger partial charge in [0.25, 0.3) is 0 Å². The predicted octanol–water partition coefficient (Wildman–Crippen LogP) is 2.44. The van der Waals surface area contributed by atoms with Gasteiger partial charge in [-0.05, 0) is 22.6 Å². The molecule has 0 saturated carbocycles. The first-order valence-corrected chi connectivity index (χ1v) is 11.9. The van der Waals surface area contributed by atoms with E-state index in [0.717, 1.165) is 10.6 Å². The standard InChI is InChI=1S/C11H13N3O3S4Si/c15-22(16,17)5-1-2-14-6-8(12-13-14)9-7-20-11(21-9)10-18-3-4-19-10/h3-4,6-7,15-17H,1-2,5H2. The second kappa shape index (κ2) is 7.17. The Kier molecular flexibility index (Phi) is 5.45. The number of aryl methyl sites for hydroxylation is 1. The number of hydrogen-bond acceptors (Lipinski definition) is 9. The summed E-state index contributed by atoms with van der Waals surface area (Å²) in [6, 6.07) is 0.00713. The molecule has 0 bridgehead atoms. The highest BCUT2D eigenvalue weighted by Crippen LogP contribution is 2.55. The molecule has 11 heteroatoms. The molecule has 3 rings (SSSR count). The molecule has 2 aliphatic rings. The van der Waals surface area contributed by atoms with Gasteiger partial charge in [0, 0.05) is 17.5 Å². The van der Waals surface area contributed by atoms with E-state index in [1.807, 2.05) is 6.20 Å². The van der Waals surface area contributed by atoms with Gasteiger partial charge >= 0.3 is 8.80 Å². The van der Waals surface area contributed by atoms with Crippen molar-refractivity contribution in [1.29, 1.82) is 0 Å². The van der Waals surface area contributed by atoms with Gasteiger partial charge in [-0.3, -0.25) is 4.68 Å². The van der Waals surface area contributed by atoms with Gasteiger partial charge in [0.2, 0.25) is 0 Å². The van der Waals surface area contributed by atoms with Gasteiger partial charge in [0.15, 0.2) is 0 Å². The number of nitrogens with zero attached hydrogens (tertiary/aromatic N) is 3. The van der Waals surface area contributed by atoms with Crippen molar-refractivity contribution >= 4 is 60.8 Å². The smallest absolute Gasteiger partial charge is 0.390 e. The zero-order valence-electron chi connectivity index (χ0n) is 11.2. The Morgan fingerprint density at radius 3 is 2.59 bits per heavy atom. The SMILES string of the molecule is O[Si](O)(O)CCCn1cc(C2=CSC(=C3SC=CS3)S2)nn1. The monoisotopic (exact) mass is 391 g/mol. The molecule has 3 heterocycles. The summed E-state index contributed by atoms with van der Waals surface area (Å²) >= 11 is 6.86. The average molecular weight is 392 g/mol. The van der Waals surface area contributed by atoms with Crippen molar-refractivity contribution in [2.24, 2.45) is 0 Å². The fourth-order valence-corrected chi connectivity index (χ4v) is 6.80. The zero-order chi connectivity index (χ0) is 15.6. The van der Waals surface area contributed by atoms with E-state index in [0.29, 0.717) is 13.0 Å². The lowest BCUT2D eigenvalue weighted by Gasteiger charge is -2.07. The highest BCUT2D eigenvalue weighted by molar-refractivity contribution is 8.35. The second-order valence-corrected chi connectivity index (χ2v) is 10.9. The fourth-order valence-electron chi connectivity index (χ4n) is 1.76. The number of aromatic nitrogens is 3. The van der Waals surface area contributed by atoms with E-state index >= 15 is 0 Å². The maximum Gasteiger partial charge on any atom is 0.492 e. The molecule has 0 saturated heterocycles. The molecular weight excluding hydrogens is 378 g/mol. The van der Waals surface area contributed by atoms with Crippen LogP contribution in [0.25, 0.3) is 4.91 Å². The van der Waals surface area contributed by atoms with Crippen LogP contribution in [-0.4, -0.2) is 38.2 Å². The summed E-state index contributed by atoms with van der Waals surface area (Å²) in [4.78, 5) is 28.0. The third-order valence-corrected chi connectivity index (χ3v) is 8.81. The van der Waals surface area contributed by atoms with Crippen molar-refractivity contribution in [2.75, 3.05) is 0 Å². The minimum atomic E-state index is -3.95. The van der Waals surface area contributed by atoms with Gasteiger partial charge in [-0.25, -0.2) is 0 Å². The number of thioether (sulfide) groups is 4. The summed E-state index contributed by atoms with van der Waals surface area (Å²) in [5.41, 5.74) is 0.814. The lowest BCUT2D eigenvalue weighted by Crippen LogP contribution is -2.34. The molecule has 1 aromatic rings. The highest BCUT2D eigenvalue weighted by atomic mass is 32.2. The largest absolute Gasteiger partial charge is 0.492 e. The topological polar surface area (TPSA) is 91.4 Å². The summed E-state index contributed by atoms with van der Waals surface area (Å²) in [6.07, 6.45) is 2.29. The highest BCUT2D eigenvalue weighted by Gasteiger charge is 2.26. The normalized spacial score (nSPS) is 18.4. The molecule has 1 aromatic heterocycles. The van der Waals surface area contributed by atoms with Crippen LogP contribution in [0.15, 0.2) is 30.9 Å². The molecule has 0 fully saturated rings. The summed E-state index contributed by atoms with van der Waals surface area (Å²) in [5.74, 6) is 0. The van der Waals surface area contributed by atoms with E-state index in [9.17, 15) is 0 Å². The van der Waals surface area contributed by atoms with Gasteiger partial charge in [-0.15, -0.1) is 5.10 Å². The molecule has 0 aliphatic carbocycles. The van der Waals surface area contributed by atoms with Crippen LogP contribution in [-0.2, 0) is 6.54 Å².